The Kier molecular flexibility index (Phi) is 3.77. The number of aryl methyl sites for hydroxylation is 2. The second-order valence-corrected chi connectivity index (χ2v) is 5.23. The lowest BCUT2D eigenvalue weighted by molar-refractivity contribution is 0.103. The number of thiophene rings is 1. The zero-order chi connectivity index (χ0) is 13.1. The molecule has 4 heteroatoms. The summed E-state index contributed by atoms with van der Waals surface area (Å²) in [5, 5.41) is 2.59. The highest BCUT2D eigenvalue weighted by atomic mass is 32.1. The molecule has 0 bridgehead atoms. The molecule has 0 unspecified atom stereocenters. The van der Waals surface area contributed by atoms with Gasteiger partial charge in [-0.05, 0) is 43.2 Å². The van der Waals surface area contributed by atoms with E-state index in [0.29, 0.717) is 4.88 Å². The van der Waals surface area contributed by atoms with E-state index in [1.165, 1.54) is 17.4 Å². The molecule has 1 N–H and O–H groups in total. The molecule has 0 fully saturated rings. The minimum atomic E-state index is -0.407. The first-order valence-electron chi connectivity index (χ1n) is 5.76. The number of anilines is 1. The fourth-order valence-electron chi connectivity index (χ4n) is 1.60. The van der Waals surface area contributed by atoms with Crippen LogP contribution in [0.4, 0.5) is 10.1 Å². The molecule has 0 saturated heterocycles. The fourth-order valence-corrected chi connectivity index (χ4v) is 2.44. The van der Waals surface area contributed by atoms with E-state index in [-0.39, 0.29) is 11.6 Å². The van der Waals surface area contributed by atoms with Gasteiger partial charge in [0.25, 0.3) is 5.91 Å². The van der Waals surface area contributed by atoms with Crippen molar-refractivity contribution in [2.45, 2.75) is 20.3 Å². The Labute approximate surface area is 109 Å². The summed E-state index contributed by atoms with van der Waals surface area (Å²) in [5.74, 6) is -0.668. The lowest BCUT2D eigenvalue weighted by Gasteiger charge is -2.05. The van der Waals surface area contributed by atoms with Crippen LogP contribution in [-0.4, -0.2) is 5.91 Å². The predicted molar refractivity (Wildman–Crippen MR) is 72.8 cm³/mol. The van der Waals surface area contributed by atoms with E-state index in [1.807, 2.05) is 19.9 Å². The van der Waals surface area contributed by atoms with Crippen molar-refractivity contribution in [2.75, 3.05) is 5.32 Å². The summed E-state index contributed by atoms with van der Waals surface area (Å²) in [7, 11) is 0. The first-order valence-corrected chi connectivity index (χ1v) is 6.58. The fraction of sp³-hybridized carbons (Fsp3) is 0.214. The zero-order valence-electron chi connectivity index (χ0n) is 10.3. The van der Waals surface area contributed by atoms with Crippen molar-refractivity contribution in [1.82, 2.24) is 0 Å². The van der Waals surface area contributed by atoms with Gasteiger partial charge in [0.2, 0.25) is 0 Å². The molecular formula is C14H14FNOS. The first kappa shape index (κ1) is 12.8. The Balaban J connectivity index is 2.16. The third-order valence-corrected chi connectivity index (χ3v) is 3.84. The molecule has 1 heterocycles. The second kappa shape index (κ2) is 5.31. The smallest absolute Gasteiger partial charge is 0.265 e. The van der Waals surface area contributed by atoms with Gasteiger partial charge in [-0.2, -0.15) is 0 Å². The number of carbonyl (C=O) groups is 1. The number of carbonyl (C=O) groups excluding carboxylic acids is 1. The minimum absolute atomic E-state index is 0.219. The highest BCUT2D eigenvalue weighted by Crippen LogP contribution is 2.20. The van der Waals surface area contributed by atoms with Gasteiger partial charge in [0.15, 0.2) is 0 Å². The number of benzene rings is 1. The third-order valence-electron chi connectivity index (χ3n) is 2.61. The highest BCUT2D eigenvalue weighted by molar-refractivity contribution is 7.14. The highest BCUT2D eigenvalue weighted by Gasteiger charge is 2.11. The Morgan fingerprint density at radius 3 is 2.72 bits per heavy atom. The van der Waals surface area contributed by atoms with E-state index < -0.39 is 5.82 Å². The van der Waals surface area contributed by atoms with Crippen LogP contribution in [0.5, 0.6) is 0 Å². The largest absolute Gasteiger partial charge is 0.319 e. The third kappa shape index (κ3) is 2.76. The molecule has 2 nitrogen and oxygen atoms in total. The van der Waals surface area contributed by atoms with Gasteiger partial charge in [-0.1, -0.05) is 13.0 Å². The summed E-state index contributed by atoms with van der Waals surface area (Å²) in [6, 6.07) is 8.44. The van der Waals surface area contributed by atoms with Gasteiger partial charge in [0.05, 0.1) is 10.6 Å². The summed E-state index contributed by atoms with van der Waals surface area (Å²) in [5.41, 5.74) is 1.05. The van der Waals surface area contributed by atoms with Gasteiger partial charge in [0, 0.05) is 4.88 Å². The lowest BCUT2D eigenvalue weighted by atomic mass is 10.2. The maximum Gasteiger partial charge on any atom is 0.265 e. The number of nitrogens with one attached hydrogen (secondary N) is 1. The molecule has 0 aliphatic heterocycles. The van der Waals surface area contributed by atoms with Crippen molar-refractivity contribution in [1.29, 1.82) is 0 Å². The van der Waals surface area contributed by atoms with E-state index in [4.69, 9.17) is 0 Å². The Morgan fingerprint density at radius 1 is 1.33 bits per heavy atom. The molecule has 18 heavy (non-hydrogen) atoms. The van der Waals surface area contributed by atoms with Crippen LogP contribution in [0.3, 0.4) is 0 Å². The van der Waals surface area contributed by atoms with Crippen molar-refractivity contribution >= 4 is 22.9 Å². The number of halogens is 1. The standard InChI is InChI=1S/C14H14FNOS/c1-3-10-5-7-13(18-10)14(17)16-12-6-4-9(2)8-11(12)15/h4-8H,3H2,1-2H3,(H,16,17). The summed E-state index contributed by atoms with van der Waals surface area (Å²) >= 11 is 1.43. The monoisotopic (exact) mass is 263 g/mol. The van der Waals surface area contributed by atoms with Gasteiger partial charge >= 0.3 is 0 Å². The molecule has 2 rings (SSSR count). The van der Waals surface area contributed by atoms with Crippen LogP contribution in [-0.2, 0) is 6.42 Å². The average Bonchev–Trinajstić information content (AvgIpc) is 2.81. The van der Waals surface area contributed by atoms with Crippen LogP contribution < -0.4 is 5.32 Å². The van der Waals surface area contributed by atoms with Crippen LogP contribution in [0.1, 0.15) is 27.0 Å². The molecule has 2 aromatic rings. The quantitative estimate of drug-likeness (QED) is 0.890. The average molecular weight is 263 g/mol. The molecule has 0 aliphatic carbocycles. The number of hydrogen-bond donors (Lipinski definition) is 1. The predicted octanol–water partition coefficient (Wildman–Crippen LogP) is 4.01. The van der Waals surface area contributed by atoms with Crippen molar-refractivity contribution in [3.63, 3.8) is 0 Å². The van der Waals surface area contributed by atoms with Gasteiger partial charge in [-0.25, -0.2) is 4.39 Å². The lowest BCUT2D eigenvalue weighted by Crippen LogP contribution is -2.11. The number of amides is 1. The molecule has 0 spiro atoms. The molecular weight excluding hydrogens is 249 g/mol. The van der Waals surface area contributed by atoms with Gasteiger partial charge < -0.3 is 5.32 Å². The second-order valence-electron chi connectivity index (χ2n) is 4.06. The molecule has 0 radical (unpaired) electrons. The maximum atomic E-state index is 13.6. The molecule has 1 amide bonds. The van der Waals surface area contributed by atoms with Crippen molar-refractivity contribution < 1.29 is 9.18 Å². The van der Waals surface area contributed by atoms with Crippen LogP contribution in [0.25, 0.3) is 0 Å². The summed E-state index contributed by atoms with van der Waals surface area (Å²) in [6.07, 6.45) is 0.900. The summed E-state index contributed by atoms with van der Waals surface area (Å²) < 4.78 is 13.6. The first-order chi connectivity index (χ1) is 8.60. The molecule has 0 atom stereocenters. The van der Waals surface area contributed by atoms with Gasteiger partial charge in [-0.15, -0.1) is 11.3 Å². The topological polar surface area (TPSA) is 29.1 Å². The van der Waals surface area contributed by atoms with Crippen LogP contribution in [0.2, 0.25) is 0 Å². The SMILES string of the molecule is CCc1ccc(C(=O)Nc2ccc(C)cc2F)s1. The maximum absolute atomic E-state index is 13.6. The molecule has 1 aromatic heterocycles. The number of rotatable bonds is 3. The normalized spacial score (nSPS) is 10.4. The van der Waals surface area contributed by atoms with Crippen molar-refractivity contribution in [3.8, 4) is 0 Å². The van der Waals surface area contributed by atoms with E-state index in [2.05, 4.69) is 5.32 Å². The Hall–Kier alpha value is -1.68. The summed E-state index contributed by atoms with van der Waals surface area (Å²) in [4.78, 5) is 13.7. The molecule has 0 aliphatic rings. The Bertz CT molecular complexity index is 577. The zero-order valence-corrected chi connectivity index (χ0v) is 11.1. The number of hydrogen-bond acceptors (Lipinski definition) is 2. The van der Waals surface area contributed by atoms with Crippen molar-refractivity contribution in [2.24, 2.45) is 0 Å². The molecule has 1 aromatic carbocycles. The van der Waals surface area contributed by atoms with Gasteiger partial charge in [-0.3, -0.25) is 4.79 Å². The van der Waals surface area contributed by atoms with Crippen LogP contribution in [0, 0.1) is 12.7 Å². The van der Waals surface area contributed by atoms with Crippen LogP contribution >= 0.6 is 11.3 Å². The van der Waals surface area contributed by atoms with E-state index in [0.717, 1.165) is 16.9 Å². The molecule has 0 saturated carbocycles. The summed E-state index contributed by atoms with van der Waals surface area (Å²) in [6.45, 7) is 3.84. The van der Waals surface area contributed by atoms with Gasteiger partial charge in [0.1, 0.15) is 5.82 Å². The van der Waals surface area contributed by atoms with E-state index >= 15 is 0 Å². The minimum Gasteiger partial charge on any atom is -0.319 e. The van der Waals surface area contributed by atoms with E-state index in [9.17, 15) is 9.18 Å². The van der Waals surface area contributed by atoms with Crippen molar-refractivity contribution in [3.05, 3.63) is 51.5 Å². The van der Waals surface area contributed by atoms with E-state index in [1.54, 1.807) is 18.2 Å². The molecule has 94 valence electrons. The Morgan fingerprint density at radius 2 is 2.11 bits per heavy atom. The van der Waals surface area contributed by atoms with Crippen LogP contribution in [0.15, 0.2) is 30.3 Å².